The summed E-state index contributed by atoms with van der Waals surface area (Å²) in [5.41, 5.74) is 0. The van der Waals surface area contributed by atoms with E-state index in [2.05, 4.69) is 4.72 Å². The van der Waals surface area contributed by atoms with Gasteiger partial charge in [-0.15, -0.1) is 0 Å². The predicted molar refractivity (Wildman–Crippen MR) is 66.5 cm³/mol. The van der Waals surface area contributed by atoms with Crippen LogP contribution in [0.5, 0.6) is 0 Å². The van der Waals surface area contributed by atoms with Gasteiger partial charge < -0.3 is 0 Å². The second-order valence-corrected chi connectivity index (χ2v) is 6.11. The fourth-order valence-corrected chi connectivity index (χ4v) is 2.38. The first-order chi connectivity index (χ1) is 7.83. The third-order valence-corrected chi connectivity index (χ3v) is 3.82. The van der Waals surface area contributed by atoms with Crippen LogP contribution in [0, 0.1) is 5.92 Å². The van der Waals surface area contributed by atoms with E-state index in [4.69, 9.17) is 11.6 Å². The molecule has 1 aromatic rings. The number of nitrogens with one attached hydrogen (secondary N) is 1. The number of carbonyl (C=O) groups is 1. The van der Waals surface area contributed by atoms with Crippen molar-refractivity contribution in [1.82, 2.24) is 4.72 Å². The van der Waals surface area contributed by atoms with Gasteiger partial charge in [-0.3, -0.25) is 4.79 Å². The van der Waals surface area contributed by atoms with E-state index in [0.29, 0.717) is 5.02 Å². The molecule has 17 heavy (non-hydrogen) atoms. The summed E-state index contributed by atoms with van der Waals surface area (Å²) in [6.45, 7) is 3.23. The lowest BCUT2D eigenvalue weighted by molar-refractivity contribution is -0.120. The largest absolute Gasteiger partial charge is 0.298 e. The Hall–Kier alpha value is -0.910. The topological polar surface area (TPSA) is 63.2 Å². The van der Waals surface area contributed by atoms with E-state index in [1.54, 1.807) is 26.0 Å². The van der Waals surface area contributed by atoms with Crippen LogP contribution in [0.25, 0.3) is 0 Å². The molecular formula is C11H14ClNO3S. The first-order valence-electron chi connectivity index (χ1n) is 5.11. The van der Waals surface area contributed by atoms with Crippen LogP contribution in [0.4, 0.5) is 0 Å². The summed E-state index contributed by atoms with van der Waals surface area (Å²) in [5, 5.41) is 0.336. The van der Waals surface area contributed by atoms with Gasteiger partial charge in [0.15, 0.2) is 0 Å². The van der Waals surface area contributed by atoms with Gasteiger partial charge in [0.05, 0.1) is 11.4 Å². The second kappa shape index (κ2) is 5.62. The summed E-state index contributed by atoms with van der Waals surface area (Å²) in [4.78, 5) is 11.4. The van der Waals surface area contributed by atoms with E-state index >= 15 is 0 Å². The number of hydrogen-bond donors (Lipinski definition) is 1. The molecule has 0 fully saturated rings. The molecule has 0 aliphatic carbocycles. The molecule has 0 aliphatic rings. The zero-order valence-corrected chi connectivity index (χ0v) is 11.2. The van der Waals surface area contributed by atoms with Gasteiger partial charge in [-0.25, -0.2) is 13.1 Å². The van der Waals surface area contributed by atoms with Gasteiger partial charge in [0.1, 0.15) is 5.78 Å². The molecule has 94 valence electrons. The molecule has 0 unspecified atom stereocenters. The fraction of sp³-hybridized carbons (Fsp3) is 0.364. The smallest absolute Gasteiger partial charge is 0.241 e. The standard InChI is InChI=1S/C11H14ClNO3S/c1-8(2)11(14)7-13-17(15,16)10-5-3-4-9(12)6-10/h3-6,8,13H,7H2,1-2H3. The minimum atomic E-state index is -3.67. The molecule has 0 bridgehead atoms. The number of carbonyl (C=O) groups excluding carboxylic acids is 1. The monoisotopic (exact) mass is 275 g/mol. The highest BCUT2D eigenvalue weighted by Crippen LogP contribution is 2.15. The van der Waals surface area contributed by atoms with Crippen LogP contribution in [0.2, 0.25) is 5.02 Å². The highest BCUT2D eigenvalue weighted by atomic mass is 35.5. The molecule has 0 saturated carbocycles. The zero-order chi connectivity index (χ0) is 13.1. The highest BCUT2D eigenvalue weighted by molar-refractivity contribution is 7.89. The first-order valence-corrected chi connectivity index (χ1v) is 6.97. The van der Waals surface area contributed by atoms with Crippen molar-refractivity contribution in [3.8, 4) is 0 Å². The van der Waals surface area contributed by atoms with Gasteiger partial charge in [-0.1, -0.05) is 31.5 Å². The second-order valence-electron chi connectivity index (χ2n) is 3.90. The van der Waals surface area contributed by atoms with Gasteiger partial charge in [-0.2, -0.15) is 0 Å². The van der Waals surface area contributed by atoms with Crippen molar-refractivity contribution < 1.29 is 13.2 Å². The minimum absolute atomic E-state index is 0.0570. The van der Waals surface area contributed by atoms with Crippen molar-refractivity contribution in [2.24, 2.45) is 5.92 Å². The van der Waals surface area contributed by atoms with Crippen molar-refractivity contribution in [2.45, 2.75) is 18.7 Å². The Morgan fingerprint density at radius 1 is 1.41 bits per heavy atom. The lowest BCUT2D eigenvalue weighted by Crippen LogP contribution is -2.31. The lowest BCUT2D eigenvalue weighted by atomic mass is 10.1. The van der Waals surface area contributed by atoms with Crippen LogP contribution in [-0.4, -0.2) is 20.7 Å². The van der Waals surface area contributed by atoms with E-state index in [9.17, 15) is 13.2 Å². The quantitative estimate of drug-likeness (QED) is 0.892. The van der Waals surface area contributed by atoms with Gasteiger partial charge >= 0.3 is 0 Å². The van der Waals surface area contributed by atoms with E-state index < -0.39 is 10.0 Å². The molecule has 1 aromatic carbocycles. The predicted octanol–water partition coefficient (Wildman–Crippen LogP) is 1.84. The molecule has 0 aromatic heterocycles. The molecule has 1 rings (SSSR count). The highest BCUT2D eigenvalue weighted by Gasteiger charge is 2.16. The summed E-state index contributed by atoms with van der Waals surface area (Å²) < 4.78 is 25.8. The molecule has 0 aliphatic heterocycles. The maximum Gasteiger partial charge on any atom is 0.241 e. The minimum Gasteiger partial charge on any atom is -0.298 e. The van der Waals surface area contributed by atoms with Crippen molar-refractivity contribution >= 4 is 27.4 Å². The molecule has 0 amide bonds. The maximum absolute atomic E-state index is 11.8. The summed E-state index contributed by atoms with van der Waals surface area (Å²) in [6, 6.07) is 5.89. The maximum atomic E-state index is 11.8. The van der Waals surface area contributed by atoms with E-state index in [1.807, 2.05) is 0 Å². The molecule has 0 atom stereocenters. The third kappa shape index (κ3) is 4.11. The number of rotatable bonds is 5. The molecule has 4 nitrogen and oxygen atoms in total. The number of Topliss-reactive ketones (excluding diaryl/α,β-unsaturated/α-hetero) is 1. The lowest BCUT2D eigenvalue weighted by Gasteiger charge is -2.07. The molecule has 1 N–H and O–H groups in total. The Kier molecular flexibility index (Phi) is 4.68. The van der Waals surface area contributed by atoms with Crippen molar-refractivity contribution in [1.29, 1.82) is 0 Å². The molecule has 0 heterocycles. The zero-order valence-electron chi connectivity index (χ0n) is 9.60. The number of halogens is 1. The summed E-state index contributed by atoms with van der Waals surface area (Å²) in [7, 11) is -3.67. The van der Waals surface area contributed by atoms with Crippen LogP contribution in [-0.2, 0) is 14.8 Å². The number of ketones is 1. The molecule has 0 spiro atoms. The van der Waals surface area contributed by atoms with Crippen molar-refractivity contribution in [3.63, 3.8) is 0 Å². The third-order valence-electron chi connectivity index (χ3n) is 2.19. The number of benzene rings is 1. The molecule has 0 saturated heterocycles. The van der Waals surface area contributed by atoms with Gasteiger partial charge in [0, 0.05) is 10.9 Å². The summed E-state index contributed by atoms with van der Waals surface area (Å²) in [5.74, 6) is -0.354. The van der Waals surface area contributed by atoms with Crippen LogP contribution in [0.1, 0.15) is 13.8 Å². The summed E-state index contributed by atoms with van der Waals surface area (Å²) in [6.07, 6.45) is 0. The SMILES string of the molecule is CC(C)C(=O)CNS(=O)(=O)c1cccc(Cl)c1. The van der Waals surface area contributed by atoms with Gasteiger partial charge in [0.25, 0.3) is 0 Å². The van der Waals surface area contributed by atoms with Crippen LogP contribution in [0.3, 0.4) is 0 Å². The average Bonchev–Trinajstić information content (AvgIpc) is 2.26. The normalized spacial score (nSPS) is 11.8. The Balaban J connectivity index is 2.80. The Bertz CT molecular complexity index is 511. The molecule has 0 radical (unpaired) electrons. The van der Waals surface area contributed by atoms with Crippen LogP contribution >= 0.6 is 11.6 Å². The van der Waals surface area contributed by atoms with Crippen LogP contribution in [0.15, 0.2) is 29.2 Å². The Labute approximate surface area is 106 Å². The van der Waals surface area contributed by atoms with E-state index in [0.717, 1.165) is 0 Å². The first kappa shape index (κ1) is 14.2. The summed E-state index contributed by atoms with van der Waals surface area (Å²) >= 11 is 5.70. The van der Waals surface area contributed by atoms with E-state index in [-0.39, 0.29) is 23.1 Å². The number of sulfonamides is 1. The number of hydrogen-bond acceptors (Lipinski definition) is 3. The Morgan fingerprint density at radius 2 is 2.06 bits per heavy atom. The van der Waals surface area contributed by atoms with Gasteiger partial charge in [0.2, 0.25) is 10.0 Å². The molecule has 6 heteroatoms. The fourth-order valence-electron chi connectivity index (χ4n) is 1.09. The van der Waals surface area contributed by atoms with Gasteiger partial charge in [-0.05, 0) is 18.2 Å². The Morgan fingerprint density at radius 3 is 2.59 bits per heavy atom. The van der Waals surface area contributed by atoms with E-state index in [1.165, 1.54) is 12.1 Å². The average molecular weight is 276 g/mol. The van der Waals surface area contributed by atoms with Crippen molar-refractivity contribution in [2.75, 3.05) is 6.54 Å². The van der Waals surface area contributed by atoms with Crippen LogP contribution < -0.4 is 4.72 Å². The molecular weight excluding hydrogens is 262 g/mol. The van der Waals surface area contributed by atoms with Crippen molar-refractivity contribution in [3.05, 3.63) is 29.3 Å².